The Morgan fingerprint density at radius 3 is 1.68 bits per heavy atom. The van der Waals surface area contributed by atoms with E-state index in [0.717, 1.165) is 10.8 Å². The van der Waals surface area contributed by atoms with Crippen LogP contribution in [-0.2, 0) is 0 Å². The van der Waals surface area contributed by atoms with Crippen LogP contribution < -0.4 is 10.6 Å². The third-order valence-electron chi connectivity index (χ3n) is 3.40. The zero-order valence-corrected chi connectivity index (χ0v) is 9.91. The zero-order chi connectivity index (χ0) is 13.6. The highest BCUT2D eigenvalue weighted by atomic mass is 16.5. The van der Waals surface area contributed by atoms with Gasteiger partial charge in [0.1, 0.15) is 0 Å². The lowest BCUT2D eigenvalue weighted by Crippen LogP contribution is -2.64. The molecule has 0 amide bonds. The molecule has 2 aromatic rings. The van der Waals surface area contributed by atoms with Gasteiger partial charge in [0.2, 0.25) is 5.66 Å². The van der Waals surface area contributed by atoms with Gasteiger partial charge < -0.3 is 31.1 Å². The quantitative estimate of drug-likeness (QED) is 0.425. The van der Waals surface area contributed by atoms with Crippen LogP contribution in [0.3, 0.4) is 0 Å². The van der Waals surface area contributed by atoms with Gasteiger partial charge in [-0.2, -0.15) is 0 Å². The van der Waals surface area contributed by atoms with E-state index in [1.165, 1.54) is 0 Å². The average Bonchev–Trinajstić information content (AvgIpc) is 2.38. The van der Waals surface area contributed by atoms with Gasteiger partial charge >= 0.3 is 0 Å². The van der Waals surface area contributed by atoms with Gasteiger partial charge in [-0.25, -0.2) is 0 Å². The minimum Gasteiger partial charge on any atom is -0.365 e. The third-order valence-corrected chi connectivity index (χ3v) is 3.40. The van der Waals surface area contributed by atoms with Gasteiger partial charge in [0.05, 0.1) is 0 Å². The molecule has 0 unspecified atom stereocenters. The summed E-state index contributed by atoms with van der Waals surface area (Å²) in [6.45, 7) is 0. The summed E-state index contributed by atoms with van der Waals surface area (Å²) < 4.78 is 0. The molecule has 0 aromatic heterocycles. The van der Waals surface area contributed by atoms with Crippen LogP contribution in [0.4, 0.5) is 11.4 Å². The summed E-state index contributed by atoms with van der Waals surface area (Å²) in [5, 5.41) is 45.3. The molecule has 0 saturated carbocycles. The zero-order valence-electron chi connectivity index (χ0n) is 9.91. The molecule has 3 rings (SSSR count). The highest BCUT2D eigenvalue weighted by Crippen LogP contribution is 2.39. The van der Waals surface area contributed by atoms with Crippen LogP contribution in [0.2, 0.25) is 0 Å². The largest absolute Gasteiger partial charge is 0.365 e. The minimum atomic E-state index is -2.00. The molecule has 0 bridgehead atoms. The maximum absolute atomic E-state index is 9.49. The molecule has 2 aromatic carbocycles. The summed E-state index contributed by atoms with van der Waals surface area (Å²) in [6.07, 6.45) is -4.01. The van der Waals surface area contributed by atoms with Crippen LogP contribution in [0.15, 0.2) is 36.4 Å². The summed E-state index contributed by atoms with van der Waals surface area (Å²) in [5.41, 5.74) is -0.649. The topological polar surface area (TPSA) is 105 Å². The van der Waals surface area contributed by atoms with Crippen LogP contribution in [0.1, 0.15) is 0 Å². The molecule has 0 radical (unpaired) electrons. The maximum atomic E-state index is 9.49. The van der Waals surface area contributed by atoms with Crippen LogP contribution in [0.25, 0.3) is 10.8 Å². The molecule has 1 heterocycles. The second-order valence-electron chi connectivity index (χ2n) is 4.58. The summed E-state index contributed by atoms with van der Waals surface area (Å²) in [7, 11) is 0. The Labute approximate surface area is 108 Å². The average molecular weight is 262 g/mol. The minimum absolute atomic E-state index is 0.605. The number of benzene rings is 2. The molecule has 0 aliphatic carbocycles. The fraction of sp³-hybridized carbons (Fsp3) is 0.231. The van der Waals surface area contributed by atoms with Crippen molar-refractivity contribution in [1.82, 2.24) is 0 Å². The Hall–Kier alpha value is -1.86. The van der Waals surface area contributed by atoms with Crippen molar-refractivity contribution >= 4 is 22.1 Å². The molecule has 6 heteroatoms. The molecule has 1 aliphatic rings. The van der Waals surface area contributed by atoms with Gasteiger partial charge in [-0.05, 0) is 17.5 Å². The third kappa shape index (κ3) is 1.66. The van der Waals surface area contributed by atoms with Gasteiger partial charge in [0.25, 0.3) is 0 Å². The smallest absolute Gasteiger partial charge is 0.212 e. The van der Waals surface area contributed by atoms with Crippen molar-refractivity contribution in [3.63, 3.8) is 0 Å². The van der Waals surface area contributed by atoms with E-state index >= 15 is 0 Å². The molecular weight excluding hydrogens is 248 g/mol. The van der Waals surface area contributed by atoms with E-state index in [9.17, 15) is 20.4 Å². The Balaban J connectivity index is 2.22. The number of hydrogen-bond acceptors (Lipinski definition) is 6. The standard InChI is InChI=1S/C13H14N2O4/c16-11(17)13(12(18)19)14-8-5-1-3-7-4-2-6-9(15-13)10(7)8/h1-6,11-12,14-19H. The SMILES string of the molecule is OC(O)C1(C(O)O)Nc2cccc3cccc(c23)N1. The van der Waals surface area contributed by atoms with E-state index in [0.29, 0.717) is 11.4 Å². The van der Waals surface area contributed by atoms with Crippen molar-refractivity contribution in [3.8, 4) is 0 Å². The van der Waals surface area contributed by atoms with Gasteiger partial charge in [-0.15, -0.1) is 0 Å². The van der Waals surface area contributed by atoms with E-state index < -0.39 is 18.2 Å². The molecular formula is C13H14N2O4. The normalized spacial score (nSPS) is 16.5. The van der Waals surface area contributed by atoms with Crippen LogP contribution >= 0.6 is 0 Å². The van der Waals surface area contributed by atoms with Gasteiger partial charge in [-0.3, -0.25) is 0 Å². The van der Waals surface area contributed by atoms with Crippen LogP contribution in [0, 0.1) is 0 Å². The number of anilines is 2. The molecule has 1 aliphatic heterocycles. The number of hydrogen-bond donors (Lipinski definition) is 6. The molecule has 0 atom stereocenters. The monoisotopic (exact) mass is 262 g/mol. The lowest BCUT2D eigenvalue weighted by atomic mass is 9.98. The Kier molecular flexibility index (Phi) is 2.61. The lowest BCUT2D eigenvalue weighted by molar-refractivity contribution is -0.173. The molecule has 0 spiro atoms. The highest BCUT2D eigenvalue weighted by Gasteiger charge is 2.46. The van der Waals surface area contributed by atoms with Crippen molar-refractivity contribution in [3.05, 3.63) is 36.4 Å². The molecule has 100 valence electrons. The molecule has 6 nitrogen and oxygen atoms in total. The van der Waals surface area contributed by atoms with Crippen LogP contribution in [-0.4, -0.2) is 38.7 Å². The van der Waals surface area contributed by atoms with Gasteiger partial charge in [0.15, 0.2) is 12.6 Å². The van der Waals surface area contributed by atoms with Gasteiger partial charge in [0, 0.05) is 16.8 Å². The van der Waals surface area contributed by atoms with Gasteiger partial charge in [-0.1, -0.05) is 24.3 Å². The summed E-state index contributed by atoms with van der Waals surface area (Å²) >= 11 is 0. The first-order chi connectivity index (χ1) is 9.04. The summed E-state index contributed by atoms with van der Waals surface area (Å²) in [5.74, 6) is 0. The van der Waals surface area contributed by atoms with Crippen molar-refractivity contribution in [1.29, 1.82) is 0 Å². The summed E-state index contributed by atoms with van der Waals surface area (Å²) in [4.78, 5) is 0. The first-order valence-corrected chi connectivity index (χ1v) is 5.85. The predicted molar refractivity (Wildman–Crippen MR) is 70.4 cm³/mol. The molecule has 0 saturated heterocycles. The lowest BCUT2D eigenvalue weighted by Gasteiger charge is -2.43. The summed E-state index contributed by atoms with van der Waals surface area (Å²) in [6, 6.07) is 10.9. The Morgan fingerprint density at radius 1 is 0.789 bits per heavy atom. The molecule has 6 N–H and O–H groups in total. The Bertz CT molecular complexity index is 576. The molecule has 19 heavy (non-hydrogen) atoms. The first kappa shape index (κ1) is 12.2. The number of aliphatic hydroxyl groups excluding tert-OH is 2. The van der Waals surface area contributed by atoms with E-state index in [-0.39, 0.29) is 0 Å². The van der Waals surface area contributed by atoms with E-state index in [1.54, 1.807) is 24.3 Å². The van der Waals surface area contributed by atoms with E-state index in [1.807, 2.05) is 12.1 Å². The van der Waals surface area contributed by atoms with Crippen LogP contribution in [0.5, 0.6) is 0 Å². The maximum Gasteiger partial charge on any atom is 0.212 e. The number of aliphatic hydroxyl groups is 4. The van der Waals surface area contributed by atoms with E-state index in [2.05, 4.69) is 10.6 Å². The fourth-order valence-corrected chi connectivity index (χ4v) is 2.42. The second-order valence-corrected chi connectivity index (χ2v) is 4.58. The van der Waals surface area contributed by atoms with Crippen molar-refractivity contribution in [2.75, 3.05) is 10.6 Å². The predicted octanol–water partition coefficient (Wildman–Crippen LogP) is -0.00510. The highest BCUT2D eigenvalue weighted by molar-refractivity contribution is 6.05. The number of nitrogens with one attached hydrogen (secondary N) is 2. The van der Waals surface area contributed by atoms with Crippen molar-refractivity contribution in [2.24, 2.45) is 0 Å². The van der Waals surface area contributed by atoms with Crippen molar-refractivity contribution in [2.45, 2.75) is 18.2 Å². The Morgan fingerprint density at radius 2 is 1.26 bits per heavy atom. The first-order valence-electron chi connectivity index (χ1n) is 5.85. The number of rotatable bonds is 2. The molecule has 0 fully saturated rings. The second kappa shape index (κ2) is 4.07. The fourth-order valence-electron chi connectivity index (χ4n) is 2.42. The van der Waals surface area contributed by atoms with E-state index in [4.69, 9.17) is 0 Å². The van der Waals surface area contributed by atoms with Crippen molar-refractivity contribution < 1.29 is 20.4 Å².